The lowest BCUT2D eigenvalue weighted by Gasteiger charge is -2.16. The molecule has 1 aromatic rings. The van der Waals surface area contributed by atoms with Gasteiger partial charge in [-0.1, -0.05) is 19.1 Å². The molecule has 0 aliphatic carbocycles. The molecule has 0 radical (unpaired) electrons. The first kappa shape index (κ1) is 16.1. The van der Waals surface area contributed by atoms with Crippen molar-refractivity contribution in [1.82, 2.24) is 0 Å². The van der Waals surface area contributed by atoms with Crippen molar-refractivity contribution in [2.75, 3.05) is 13.7 Å². The van der Waals surface area contributed by atoms with Gasteiger partial charge in [-0.2, -0.15) is 0 Å². The van der Waals surface area contributed by atoms with E-state index in [4.69, 9.17) is 15.2 Å². The number of nitrogens with two attached hydrogens (primary N) is 1. The Morgan fingerprint density at radius 1 is 1.29 bits per heavy atom. The van der Waals surface area contributed by atoms with E-state index in [1.54, 1.807) is 7.11 Å². The summed E-state index contributed by atoms with van der Waals surface area (Å²) in [5, 5.41) is 0. The molecule has 4 heteroatoms. The molecular formula is C13H22ClNO2. The lowest BCUT2D eigenvalue weighted by molar-refractivity contribution is 0.307. The van der Waals surface area contributed by atoms with E-state index < -0.39 is 0 Å². The molecule has 2 N–H and O–H groups in total. The normalized spacial score (nSPS) is 11.5. The van der Waals surface area contributed by atoms with Crippen molar-refractivity contribution in [1.29, 1.82) is 0 Å². The van der Waals surface area contributed by atoms with E-state index in [9.17, 15) is 0 Å². The van der Waals surface area contributed by atoms with Gasteiger partial charge < -0.3 is 15.2 Å². The molecule has 1 atom stereocenters. The van der Waals surface area contributed by atoms with Crippen LogP contribution in [0.3, 0.4) is 0 Å². The van der Waals surface area contributed by atoms with Gasteiger partial charge in [0.25, 0.3) is 0 Å². The number of ether oxygens (including phenoxy) is 2. The van der Waals surface area contributed by atoms with Crippen LogP contribution in [0.5, 0.6) is 11.5 Å². The third kappa shape index (κ3) is 4.44. The van der Waals surface area contributed by atoms with Crippen molar-refractivity contribution in [2.24, 2.45) is 5.73 Å². The molecular weight excluding hydrogens is 238 g/mol. The summed E-state index contributed by atoms with van der Waals surface area (Å²) in [4.78, 5) is 0. The zero-order valence-corrected chi connectivity index (χ0v) is 11.5. The summed E-state index contributed by atoms with van der Waals surface area (Å²) >= 11 is 0. The van der Waals surface area contributed by atoms with E-state index in [0.717, 1.165) is 29.9 Å². The highest BCUT2D eigenvalue weighted by molar-refractivity contribution is 5.85. The minimum absolute atomic E-state index is 0. The van der Waals surface area contributed by atoms with Crippen LogP contribution in [0.1, 0.15) is 25.8 Å². The molecule has 1 aromatic carbocycles. The van der Waals surface area contributed by atoms with Crippen LogP contribution in [0.4, 0.5) is 0 Å². The average molecular weight is 260 g/mol. The van der Waals surface area contributed by atoms with Gasteiger partial charge in [-0.3, -0.25) is 0 Å². The van der Waals surface area contributed by atoms with Gasteiger partial charge in [-0.05, 0) is 31.4 Å². The maximum Gasteiger partial charge on any atom is 0.164 e. The fourth-order valence-electron chi connectivity index (χ4n) is 1.62. The largest absolute Gasteiger partial charge is 0.493 e. The quantitative estimate of drug-likeness (QED) is 0.854. The van der Waals surface area contributed by atoms with Gasteiger partial charge in [0.05, 0.1) is 13.7 Å². The van der Waals surface area contributed by atoms with Crippen LogP contribution in [-0.2, 0) is 6.42 Å². The SMILES string of the molecule is CCOc1c(CC(N)CC)cccc1OC.Cl. The summed E-state index contributed by atoms with van der Waals surface area (Å²) in [5.74, 6) is 1.61. The van der Waals surface area contributed by atoms with Gasteiger partial charge in [0.15, 0.2) is 11.5 Å². The van der Waals surface area contributed by atoms with Gasteiger partial charge in [0.2, 0.25) is 0 Å². The van der Waals surface area contributed by atoms with E-state index >= 15 is 0 Å². The van der Waals surface area contributed by atoms with Gasteiger partial charge in [0, 0.05) is 6.04 Å². The zero-order valence-electron chi connectivity index (χ0n) is 10.7. The summed E-state index contributed by atoms with van der Waals surface area (Å²) in [6, 6.07) is 6.10. The molecule has 0 heterocycles. The number of benzene rings is 1. The van der Waals surface area contributed by atoms with E-state index in [2.05, 4.69) is 6.92 Å². The molecule has 0 spiro atoms. The van der Waals surface area contributed by atoms with Crippen LogP contribution in [0.15, 0.2) is 18.2 Å². The molecule has 0 aromatic heterocycles. The molecule has 1 unspecified atom stereocenters. The van der Waals surface area contributed by atoms with Gasteiger partial charge >= 0.3 is 0 Å². The molecule has 0 fully saturated rings. The smallest absolute Gasteiger partial charge is 0.164 e. The Hall–Kier alpha value is -0.930. The second-order valence-electron chi connectivity index (χ2n) is 3.75. The Bertz CT molecular complexity index is 331. The van der Waals surface area contributed by atoms with Crippen LogP contribution >= 0.6 is 12.4 Å². The van der Waals surface area contributed by atoms with Crippen molar-refractivity contribution in [3.63, 3.8) is 0 Å². The number of hydrogen-bond acceptors (Lipinski definition) is 3. The highest BCUT2D eigenvalue weighted by Gasteiger charge is 2.12. The zero-order chi connectivity index (χ0) is 12.0. The van der Waals surface area contributed by atoms with Gasteiger partial charge in [-0.15, -0.1) is 12.4 Å². The highest BCUT2D eigenvalue weighted by Crippen LogP contribution is 2.31. The fraction of sp³-hybridized carbons (Fsp3) is 0.538. The Balaban J connectivity index is 0.00000256. The molecule has 0 amide bonds. The molecule has 3 nitrogen and oxygen atoms in total. The Morgan fingerprint density at radius 3 is 2.53 bits per heavy atom. The number of rotatable bonds is 6. The fourth-order valence-corrected chi connectivity index (χ4v) is 1.62. The van der Waals surface area contributed by atoms with Crippen molar-refractivity contribution in [3.8, 4) is 11.5 Å². The first-order chi connectivity index (χ1) is 7.72. The summed E-state index contributed by atoms with van der Waals surface area (Å²) in [6.45, 7) is 4.69. The summed E-state index contributed by atoms with van der Waals surface area (Å²) < 4.78 is 10.9. The molecule has 0 saturated carbocycles. The average Bonchev–Trinajstić information content (AvgIpc) is 2.31. The second-order valence-corrected chi connectivity index (χ2v) is 3.75. The third-order valence-corrected chi connectivity index (χ3v) is 2.58. The Labute approximate surface area is 110 Å². The maximum atomic E-state index is 5.97. The molecule has 0 saturated heterocycles. The maximum absolute atomic E-state index is 5.97. The molecule has 17 heavy (non-hydrogen) atoms. The van der Waals surface area contributed by atoms with Crippen LogP contribution in [0, 0.1) is 0 Å². The molecule has 0 aliphatic heterocycles. The lowest BCUT2D eigenvalue weighted by atomic mass is 10.0. The van der Waals surface area contributed by atoms with Crippen LogP contribution in [0.25, 0.3) is 0 Å². The topological polar surface area (TPSA) is 44.5 Å². The van der Waals surface area contributed by atoms with Crippen LogP contribution < -0.4 is 15.2 Å². The van der Waals surface area contributed by atoms with Crippen molar-refractivity contribution < 1.29 is 9.47 Å². The minimum atomic E-state index is 0. The van der Waals surface area contributed by atoms with Crippen LogP contribution in [-0.4, -0.2) is 19.8 Å². The predicted molar refractivity (Wildman–Crippen MR) is 73.4 cm³/mol. The Kier molecular flexibility index (Phi) is 7.75. The monoisotopic (exact) mass is 259 g/mol. The number of para-hydroxylation sites is 1. The van der Waals surface area contributed by atoms with E-state index in [0.29, 0.717) is 6.61 Å². The van der Waals surface area contributed by atoms with Crippen molar-refractivity contribution >= 4 is 12.4 Å². The van der Waals surface area contributed by atoms with Crippen molar-refractivity contribution in [3.05, 3.63) is 23.8 Å². The number of methoxy groups -OCH3 is 1. The molecule has 0 aliphatic rings. The number of hydrogen-bond donors (Lipinski definition) is 1. The summed E-state index contributed by atoms with van der Waals surface area (Å²) in [6.07, 6.45) is 1.78. The first-order valence-electron chi connectivity index (χ1n) is 5.77. The van der Waals surface area contributed by atoms with Gasteiger partial charge in [-0.25, -0.2) is 0 Å². The second kappa shape index (κ2) is 8.20. The highest BCUT2D eigenvalue weighted by atomic mass is 35.5. The third-order valence-electron chi connectivity index (χ3n) is 2.58. The lowest BCUT2D eigenvalue weighted by Crippen LogP contribution is -2.21. The molecule has 1 rings (SSSR count). The first-order valence-corrected chi connectivity index (χ1v) is 5.77. The van der Waals surface area contributed by atoms with E-state index in [1.165, 1.54) is 0 Å². The predicted octanol–water partition coefficient (Wildman–Crippen LogP) is 2.80. The summed E-state index contributed by atoms with van der Waals surface area (Å²) in [7, 11) is 1.65. The van der Waals surface area contributed by atoms with E-state index in [-0.39, 0.29) is 18.4 Å². The van der Waals surface area contributed by atoms with Crippen LogP contribution in [0.2, 0.25) is 0 Å². The molecule has 98 valence electrons. The molecule has 0 bridgehead atoms. The Morgan fingerprint density at radius 2 is 2.00 bits per heavy atom. The van der Waals surface area contributed by atoms with E-state index in [1.807, 2.05) is 25.1 Å². The summed E-state index contributed by atoms with van der Waals surface area (Å²) in [5.41, 5.74) is 7.09. The minimum Gasteiger partial charge on any atom is -0.493 e. The number of halogens is 1. The van der Waals surface area contributed by atoms with Gasteiger partial charge in [0.1, 0.15) is 0 Å². The van der Waals surface area contributed by atoms with Crippen molar-refractivity contribution in [2.45, 2.75) is 32.7 Å². The standard InChI is InChI=1S/C13H21NO2.ClH/c1-4-11(14)9-10-7-6-8-12(15-3)13(10)16-5-2;/h6-8,11H,4-5,9,14H2,1-3H3;1H.